The fourth-order valence-electron chi connectivity index (χ4n) is 0.449. The number of ether oxygens (including phenoxy) is 3. The third-order valence-corrected chi connectivity index (χ3v) is 1.01. The van der Waals surface area contributed by atoms with Gasteiger partial charge in [0.1, 0.15) is 6.61 Å². The molecule has 5 heteroatoms. The molecule has 0 radical (unpaired) electrons. The maximum atomic E-state index is 10.5. The Labute approximate surface area is 76.3 Å². The van der Waals surface area contributed by atoms with Crippen molar-refractivity contribution in [3.05, 3.63) is 11.8 Å². The number of esters is 1. The highest BCUT2D eigenvalue weighted by Gasteiger charge is 2.00. The standard InChI is InChI=1S/C8H12O5/c1-6(4-12-7(2)9)5-13-8(10)11-3/h4H,5H2,1-3H3/b6-4+. The van der Waals surface area contributed by atoms with Gasteiger partial charge in [0.25, 0.3) is 0 Å². The first-order valence-corrected chi connectivity index (χ1v) is 3.60. The summed E-state index contributed by atoms with van der Waals surface area (Å²) in [7, 11) is 1.22. The minimum Gasteiger partial charge on any atom is -0.438 e. The van der Waals surface area contributed by atoms with Crippen LogP contribution in [0.15, 0.2) is 11.8 Å². The van der Waals surface area contributed by atoms with Crippen LogP contribution in [0.2, 0.25) is 0 Å². The molecule has 0 aliphatic heterocycles. The van der Waals surface area contributed by atoms with Crippen molar-refractivity contribution >= 4 is 12.1 Å². The van der Waals surface area contributed by atoms with Gasteiger partial charge in [-0.3, -0.25) is 4.79 Å². The van der Waals surface area contributed by atoms with E-state index in [-0.39, 0.29) is 6.61 Å². The Morgan fingerprint density at radius 1 is 1.31 bits per heavy atom. The summed E-state index contributed by atoms with van der Waals surface area (Å²) >= 11 is 0. The summed E-state index contributed by atoms with van der Waals surface area (Å²) in [6, 6.07) is 0. The van der Waals surface area contributed by atoms with Gasteiger partial charge in [0.2, 0.25) is 0 Å². The quantitative estimate of drug-likeness (QED) is 0.492. The maximum absolute atomic E-state index is 10.5. The van der Waals surface area contributed by atoms with Crippen LogP contribution in [-0.2, 0) is 19.0 Å². The second kappa shape index (κ2) is 6.05. The lowest BCUT2D eigenvalue weighted by Gasteiger charge is -2.02. The molecule has 0 aliphatic carbocycles. The van der Waals surface area contributed by atoms with E-state index >= 15 is 0 Å². The molecule has 0 rings (SSSR count). The van der Waals surface area contributed by atoms with Crippen LogP contribution in [0, 0.1) is 0 Å². The second-order valence-electron chi connectivity index (χ2n) is 2.32. The first kappa shape index (κ1) is 11.5. The van der Waals surface area contributed by atoms with Gasteiger partial charge in [-0.25, -0.2) is 4.79 Å². The van der Waals surface area contributed by atoms with Crippen LogP contribution in [0.5, 0.6) is 0 Å². The molecule has 0 atom stereocenters. The van der Waals surface area contributed by atoms with Gasteiger partial charge < -0.3 is 14.2 Å². The molecule has 0 spiro atoms. The molecular weight excluding hydrogens is 176 g/mol. The number of methoxy groups -OCH3 is 1. The van der Waals surface area contributed by atoms with Crippen LogP contribution in [-0.4, -0.2) is 25.8 Å². The van der Waals surface area contributed by atoms with Crippen LogP contribution in [0.3, 0.4) is 0 Å². The molecular formula is C8H12O5. The predicted octanol–water partition coefficient (Wildman–Crippen LogP) is 1.24. The lowest BCUT2D eigenvalue weighted by atomic mass is 10.4. The van der Waals surface area contributed by atoms with Gasteiger partial charge in [0.05, 0.1) is 13.4 Å². The Balaban J connectivity index is 3.73. The summed E-state index contributed by atoms with van der Waals surface area (Å²) in [6.45, 7) is 2.98. The molecule has 0 aromatic carbocycles. The number of carbonyl (C=O) groups is 2. The van der Waals surface area contributed by atoms with Crippen LogP contribution >= 0.6 is 0 Å². The fourth-order valence-corrected chi connectivity index (χ4v) is 0.449. The Morgan fingerprint density at radius 2 is 1.92 bits per heavy atom. The SMILES string of the molecule is COC(=O)OC/C(C)=C/OC(C)=O. The summed E-state index contributed by atoms with van der Waals surface area (Å²) in [6.07, 6.45) is 0.459. The highest BCUT2D eigenvalue weighted by atomic mass is 16.7. The summed E-state index contributed by atoms with van der Waals surface area (Å²) < 4.78 is 13.3. The van der Waals surface area contributed by atoms with E-state index in [9.17, 15) is 9.59 Å². The fraction of sp³-hybridized carbons (Fsp3) is 0.500. The zero-order valence-corrected chi connectivity index (χ0v) is 7.83. The molecule has 0 saturated heterocycles. The molecule has 0 amide bonds. The van der Waals surface area contributed by atoms with Crippen LogP contribution < -0.4 is 0 Å². The minimum absolute atomic E-state index is 0.0416. The lowest BCUT2D eigenvalue weighted by Crippen LogP contribution is -2.06. The molecule has 0 N–H and O–H groups in total. The molecule has 0 aliphatic rings. The normalized spacial score (nSPS) is 10.5. The van der Waals surface area contributed by atoms with Crippen molar-refractivity contribution in [3.8, 4) is 0 Å². The van der Waals surface area contributed by atoms with Gasteiger partial charge in [0.15, 0.2) is 0 Å². The minimum atomic E-state index is -0.768. The Hall–Kier alpha value is -1.52. The van der Waals surface area contributed by atoms with E-state index in [1.165, 1.54) is 20.3 Å². The smallest absolute Gasteiger partial charge is 0.438 e. The van der Waals surface area contributed by atoms with Gasteiger partial charge in [-0.2, -0.15) is 0 Å². The lowest BCUT2D eigenvalue weighted by molar-refractivity contribution is -0.135. The molecule has 0 fully saturated rings. The van der Waals surface area contributed by atoms with Gasteiger partial charge >= 0.3 is 12.1 Å². The van der Waals surface area contributed by atoms with Crippen molar-refractivity contribution in [1.29, 1.82) is 0 Å². The van der Waals surface area contributed by atoms with Crippen molar-refractivity contribution in [2.75, 3.05) is 13.7 Å². The molecule has 5 nitrogen and oxygen atoms in total. The highest BCUT2D eigenvalue weighted by Crippen LogP contribution is 1.95. The van der Waals surface area contributed by atoms with Gasteiger partial charge in [-0.05, 0) is 12.5 Å². The summed E-state index contributed by atoms with van der Waals surface area (Å²) in [5.74, 6) is -0.419. The van der Waals surface area contributed by atoms with Crippen molar-refractivity contribution in [2.45, 2.75) is 13.8 Å². The largest absolute Gasteiger partial charge is 0.508 e. The van der Waals surface area contributed by atoms with E-state index in [2.05, 4.69) is 14.2 Å². The van der Waals surface area contributed by atoms with E-state index in [0.29, 0.717) is 5.57 Å². The third-order valence-electron chi connectivity index (χ3n) is 1.01. The molecule has 0 bridgehead atoms. The number of carbonyl (C=O) groups excluding carboxylic acids is 2. The molecule has 0 heterocycles. The monoisotopic (exact) mass is 188 g/mol. The maximum Gasteiger partial charge on any atom is 0.508 e. The van der Waals surface area contributed by atoms with Crippen molar-refractivity contribution < 1.29 is 23.8 Å². The van der Waals surface area contributed by atoms with E-state index in [1.54, 1.807) is 6.92 Å². The van der Waals surface area contributed by atoms with E-state index in [4.69, 9.17) is 0 Å². The van der Waals surface area contributed by atoms with Crippen LogP contribution in [0.1, 0.15) is 13.8 Å². The van der Waals surface area contributed by atoms with Crippen molar-refractivity contribution in [3.63, 3.8) is 0 Å². The topological polar surface area (TPSA) is 61.8 Å². The van der Waals surface area contributed by atoms with E-state index in [1.807, 2.05) is 0 Å². The number of hydrogen-bond donors (Lipinski definition) is 0. The average molecular weight is 188 g/mol. The Kier molecular flexibility index (Phi) is 5.34. The number of rotatable bonds is 3. The zero-order chi connectivity index (χ0) is 10.3. The summed E-state index contributed by atoms with van der Waals surface area (Å²) in [5, 5.41) is 0. The predicted molar refractivity (Wildman–Crippen MR) is 43.9 cm³/mol. The first-order chi connectivity index (χ1) is 6.06. The molecule has 0 unspecified atom stereocenters. The summed E-state index contributed by atoms with van der Waals surface area (Å²) in [5.41, 5.74) is 0.612. The summed E-state index contributed by atoms with van der Waals surface area (Å²) in [4.78, 5) is 20.8. The van der Waals surface area contributed by atoms with Crippen molar-refractivity contribution in [1.82, 2.24) is 0 Å². The molecule has 0 aromatic rings. The molecule has 0 saturated carbocycles. The van der Waals surface area contributed by atoms with Crippen LogP contribution in [0.25, 0.3) is 0 Å². The van der Waals surface area contributed by atoms with Crippen LogP contribution in [0.4, 0.5) is 4.79 Å². The van der Waals surface area contributed by atoms with Gasteiger partial charge in [-0.1, -0.05) is 0 Å². The number of hydrogen-bond acceptors (Lipinski definition) is 5. The highest BCUT2D eigenvalue weighted by molar-refractivity contribution is 5.66. The first-order valence-electron chi connectivity index (χ1n) is 3.60. The van der Waals surface area contributed by atoms with Crippen molar-refractivity contribution in [2.24, 2.45) is 0 Å². The van der Waals surface area contributed by atoms with Gasteiger partial charge in [-0.15, -0.1) is 0 Å². The second-order valence-corrected chi connectivity index (χ2v) is 2.32. The zero-order valence-electron chi connectivity index (χ0n) is 7.83. The molecule has 0 aromatic heterocycles. The third kappa shape index (κ3) is 6.86. The average Bonchev–Trinajstić information content (AvgIpc) is 2.10. The Bertz CT molecular complexity index is 219. The van der Waals surface area contributed by atoms with E-state index < -0.39 is 12.1 Å². The Morgan fingerprint density at radius 3 is 2.38 bits per heavy atom. The van der Waals surface area contributed by atoms with E-state index in [0.717, 1.165) is 0 Å². The molecule has 74 valence electrons. The van der Waals surface area contributed by atoms with Gasteiger partial charge in [0, 0.05) is 6.92 Å². The molecule has 13 heavy (non-hydrogen) atoms.